The van der Waals surface area contributed by atoms with Crippen LogP contribution in [-0.4, -0.2) is 21.5 Å². The van der Waals surface area contributed by atoms with Gasteiger partial charge in [-0.15, -0.1) is 11.3 Å². The van der Waals surface area contributed by atoms with Gasteiger partial charge in [-0.2, -0.15) is 0 Å². The number of thiazole rings is 1. The molecule has 4 rings (SSSR count). The number of hydrogen-bond acceptors (Lipinski definition) is 4. The molecule has 3 aromatic rings. The molecule has 0 amide bonds. The van der Waals surface area contributed by atoms with Crippen molar-refractivity contribution in [1.82, 2.24) is 20.3 Å². The third-order valence-corrected chi connectivity index (χ3v) is 5.47. The SMILES string of the molecule is Cc1nc(C)c(-c2ccc(-c3cnc(C4CCCN4)[nH]3)cc2)s1. The van der Waals surface area contributed by atoms with E-state index < -0.39 is 0 Å². The quantitative estimate of drug-likeness (QED) is 0.757. The monoisotopic (exact) mass is 324 g/mol. The zero-order valence-corrected chi connectivity index (χ0v) is 14.2. The van der Waals surface area contributed by atoms with E-state index in [1.807, 2.05) is 6.20 Å². The zero-order chi connectivity index (χ0) is 15.8. The summed E-state index contributed by atoms with van der Waals surface area (Å²) in [6, 6.07) is 9.03. The minimum absolute atomic E-state index is 0.380. The molecular weight excluding hydrogens is 304 g/mol. The molecule has 3 heterocycles. The van der Waals surface area contributed by atoms with Gasteiger partial charge in [0.1, 0.15) is 5.82 Å². The summed E-state index contributed by atoms with van der Waals surface area (Å²) in [4.78, 5) is 13.8. The summed E-state index contributed by atoms with van der Waals surface area (Å²) in [5.41, 5.74) is 4.59. The molecule has 0 saturated carbocycles. The first kappa shape index (κ1) is 14.6. The summed E-state index contributed by atoms with van der Waals surface area (Å²) in [5, 5.41) is 4.59. The van der Waals surface area contributed by atoms with Gasteiger partial charge in [0.2, 0.25) is 0 Å². The number of aromatic amines is 1. The number of aromatic nitrogens is 3. The number of hydrogen-bond donors (Lipinski definition) is 2. The first-order valence-corrected chi connectivity index (χ1v) is 8.85. The van der Waals surface area contributed by atoms with Gasteiger partial charge in [0.25, 0.3) is 0 Å². The lowest BCUT2D eigenvalue weighted by Gasteiger charge is -2.05. The number of nitrogens with one attached hydrogen (secondary N) is 2. The van der Waals surface area contributed by atoms with Crippen molar-refractivity contribution in [2.75, 3.05) is 6.54 Å². The van der Waals surface area contributed by atoms with E-state index in [9.17, 15) is 0 Å². The van der Waals surface area contributed by atoms with Gasteiger partial charge >= 0.3 is 0 Å². The van der Waals surface area contributed by atoms with Crippen LogP contribution in [0.3, 0.4) is 0 Å². The van der Waals surface area contributed by atoms with Crippen molar-refractivity contribution in [2.45, 2.75) is 32.7 Å². The third-order valence-electron chi connectivity index (χ3n) is 4.35. The summed E-state index contributed by atoms with van der Waals surface area (Å²) in [6.07, 6.45) is 4.32. The maximum absolute atomic E-state index is 4.55. The maximum atomic E-state index is 4.55. The van der Waals surface area contributed by atoms with E-state index in [0.717, 1.165) is 35.2 Å². The van der Waals surface area contributed by atoms with Crippen molar-refractivity contribution in [3.05, 3.63) is 47.0 Å². The molecule has 2 aromatic heterocycles. The first-order chi connectivity index (χ1) is 11.2. The highest BCUT2D eigenvalue weighted by Crippen LogP contribution is 2.31. The second-order valence-electron chi connectivity index (χ2n) is 6.06. The van der Waals surface area contributed by atoms with Gasteiger partial charge in [-0.1, -0.05) is 24.3 Å². The van der Waals surface area contributed by atoms with Crippen LogP contribution in [0.1, 0.15) is 35.4 Å². The Bertz CT molecular complexity index is 810. The number of benzene rings is 1. The summed E-state index contributed by atoms with van der Waals surface area (Å²) >= 11 is 1.75. The van der Waals surface area contributed by atoms with E-state index in [2.05, 4.69) is 58.4 Å². The molecule has 2 N–H and O–H groups in total. The predicted molar refractivity (Wildman–Crippen MR) is 94.6 cm³/mol. The van der Waals surface area contributed by atoms with Crippen LogP contribution in [0, 0.1) is 13.8 Å². The van der Waals surface area contributed by atoms with Crippen LogP contribution in [0.4, 0.5) is 0 Å². The van der Waals surface area contributed by atoms with Crippen LogP contribution in [-0.2, 0) is 0 Å². The van der Waals surface area contributed by atoms with Crippen molar-refractivity contribution < 1.29 is 0 Å². The maximum Gasteiger partial charge on any atom is 0.123 e. The van der Waals surface area contributed by atoms with E-state index in [1.165, 1.54) is 22.4 Å². The predicted octanol–water partition coefficient (Wildman–Crippen LogP) is 4.24. The first-order valence-electron chi connectivity index (χ1n) is 8.04. The van der Waals surface area contributed by atoms with Crippen LogP contribution in [0.5, 0.6) is 0 Å². The Kier molecular flexibility index (Phi) is 3.75. The Morgan fingerprint density at radius 2 is 1.91 bits per heavy atom. The summed E-state index contributed by atoms with van der Waals surface area (Å²) in [6.45, 7) is 5.21. The number of imidazole rings is 1. The molecule has 1 atom stereocenters. The lowest BCUT2D eigenvalue weighted by Crippen LogP contribution is -2.14. The van der Waals surface area contributed by atoms with Crippen molar-refractivity contribution in [3.63, 3.8) is 0 Å². The summed E-state index contributed by atoms with van der Waals surface area (Å²) < 4.78 is 0. The van der Waals surface area contributed by atoms with Crippen LogP contribution >= 0.6 is 11.3 Å². The molecule has 0 spiro atoms. The summed E-state index contributed by atoms with van der Waals surface area (Å²) in [5.74, 6) is 1.05. The van der Waals surface area contributed by atoms with Crippen molar-refractivity contribution in [2.24, 2.45) is 0 Å². The van der Waals surface area contributed by atoms with Gasteiger partial charge in [-0.3, -0.25) is 0 Å². The van der Waals surface area contributed by atoms with Gasteiger partial charge in [-0.05, 0) is 44.4 Å². The molecule has 1 aliphatic rings. The molecule has 1 aromatic carbocycles. The summed E-state index contributed by atoms with van der Waals surface area (Å²) in [7, 11) is 0. The number of rotatable bonds is 3. The minimum Gasteiger partial charge on any atom is -0.341 e. The highest BCUT2D eigenvalue weighted by molar-refractivity contribution is 7.15. The molecule has 1 saturated heterocycles. The Hall–Kier alpha value is -1.98. The van der Waals surface area contributed by atoms with Crippen LogP contribution in [0.2, 0.25) is 0 Å². The average molecular weight is 324 g/mol. The van der Waals surface area contributed by atoms with Crippen molar-refractivity contribution in [3.8, 4) is 21.7 Å². The molecule has 0 radical (unpaired) electrons. The lowest BCUT2D eigenvalue weighted by molar-refractivity contribution is 0.613. The average Bonchev–Trinajstić information content (AvgIpc) is 3.27. The topological polar surface area (TPSA) is 53.6 Å². The molecule has 0 bridgehead atoms. The Morgan fingerprint density at radius 1 is 1.13 bits per heavy atom. The standard InChI is InChI=1S/C18H20N4S/c1-11-17(23-12(2)21-11)14-7-5-13(6-8-14)16-10-20-18(22-16)15-4-3-9-19-15/h5-8,10,15,19H,3-4,9H2,1-2H3,(H,20,22). The molecular formula is C18H20N4S. The molecule has 5 heteroatoms. The molecule has 0 aliphatic carbocycles. The van der Waals surface area contributed by atoms with Crippen LogP contribution in [0.25, 0.3) is 21.7 Å². The van der Waals surface area contributed by atoms with Crippen molar-refractivity contribution in [1.29, 1.82) is 0 Å². The Morgan fingerprint density at radius 3 is 2.57 bits per heavy atom. The van der Waals surface area contributed by atoms with E-state index in [1.54, 1.807) is 11.3 Å². The van der Waals surface area contributed by atoms with Crippen LogP contribution in [0.15, 0.2) is 30.5 Å². The number of nitrogens with zero attached hydrogens (tertiary/aromatic N) is 2. The van der Waals surface area contributed by atoms with Gasteiger partial charge in [-0.25, -0.2) is 9.97 Å². The lowest BCUT2D eigenvalue weighted by atomic mass is 10.1. The fourth-order valence-corrected chi connectivity index (χ4v) is 4.10. The van der Waals surface area contributed by atoms with Crippen LogP contribution < -0.4 is 5.32 Å². The van der Waals surface area contributed by atoms with E-state index >= 15 is 0 Å². The number of aryl methyl sites for hydroxylation is 2. The zero-order valence-electron chi connectivity index (χ0n) is 13.4. The largest absolute Gasteiger partial charge is 0.341 e. The van der Waals surface area contributed by atoms with Gasteiger partial charge in [0.05, 0.1) is 33.5 Å². The molecule has 1 aliphatic heterocycles. The fourth-order valence-electron chi connectivity index (χ4n) is 3.18. The van der Waals surface area contributed by atoms with E-state index in [4.69, 9.17) is 0 Å². The molecule has 23 heavy (non-hydrogen) atoms. The molecule has 118 valence electrons. The van der Waals surface area contributed by atoms with Gasteiger partial charge in [0.15, 0.2) is 0 Å². The molecule has 1 fully saturated rings. The van der Waals surface area contributed by atoms with E-state index in [0.29, 0.717) is 6.04 Å². The van der Waals surface area contributed by atoms with Gasteiger partial charge in [0, 0.05) is 0 Å². The molecule has 1 unspecified atom stereocenters. The fraction of sp³-hybridized carbons (Fsp3) is 0.333. The normalized spacial score (nSPS) is 17.7. The van der Waals surface area contributed by atoms with Gasteiger partial charge < -0.3 is 10.3 Å². The Balaban J connectivity index is 1.59. The number of H-pyrrole nitrogens is 1. The highest BCUT2D eigenvalue weighted by Gasteiger charge is 2.19. The minimum atomic E-state index is 0.380. The Labute approximate surface area is 140 Å². The third kappa shape index (κ3) is 2.82. The molecule has 4 nitrogen and oxygen atoms in total. The van der Waals surface area contributed by atoms with E-state index in [-0.39, 0.29) is 0 Å². The highest BCUT2D eigenvalue weighted by atomic mass is 32.1. The second kappa shape index (κ2) is 5.91. The second-order valence-corrected chi connectivity index (χ2v) is 7.26. The van der Waals surface area contributed by atoms with Crippen molar-refractivity contribution >= 4 is 11.3 Å². The smallest absolute Gasteiger partial charge is 0.123 e.